The molecule has 0 atom stereocenters. The molecular formula is C21H26F3N3O3. The molecule has 0 bridgehead atoms. The van der Waals surface area contributed by atoms with Crippen molar-refractivity contribution >= 4 is 5.96 Å². The van der Waals surface area contributed by atoms with Crippen molar-refractivity contribution in [2.24, 2.45) is 4.99 Å². The molecule has 0 aliphatic heterocycles. The molecule has 164 valence electrons. The predicted octanol–water partition coefficient (Wildman–Crippen LogP) is 4.09. The third-order valence-corrected chi connectivity index (χ3v) is 3.99. The van der Waals surface area contributed by atoms with E-state index >= 15 is 0 Å². The van der Waals surface area contributed by atoms with Crippen LogP contribution in [0, 0.1) is 5.82 Å². The van der Waals surface area contributed by atoms with Gasteiger partial charge in [-0.2, -0.15) is 8.78 Å². The molecule has 0 aliphatic rings. The maximum atomic E-state index is 14.0. The zero-order valence-electron chi connectivity index (χ0n) is 17.2. The minimum atomic E-state index is -2.97. The van der Waals surface area contributed by atoms with Crippen LogP contribution in [0.4, 0.5) is 13.2 Å². The summed E-state index contributed by atoms with van der Waals surface area (Å²) in [5.41, 5.74) is 1.18. The normalized spacial score (nSPS) is 11.4. The van der Waals surface area contributed by atoms with Gasteiger partial charge >= 0.3 is 6.61 Å². The number of guanidine groups is 1. The molecule has 6 nitrogen and oxygen atoms in total. The molecule has 0 aromatic heterocycles. The largest absolute Gasteiger partial charge is 0.491 e. The molecule has 0 saturated heterocycles. The van der Waals surface area contributed by atoms with Gasteiger partial charge in [-0.1, -0.05) is 18.2 Å². The van der Waals surface area contributed by atoms with Crippen LogP contribution in [0.15, 0.2) is 41.4 Å². The summed E-state index contributed by atoms with van der Waals surface area (Å²) in [5, 5.41) is 6.07. The summed E-state index contributed by atoms with van der Waals surface area (Å²) in [4.78, 5) is 4.09. The summed E-state index contributed by atoms with van der Waals surface area (Å²) >= 11 is 0. The summed E-state index contributed by atoms with van der Waals surface area (Å²) in [5.74, 6) is 0.384. The molecule has 30 heavy (non-hydrogen) atoms. The van der Waals surface area contributed by atoms with E-state index in [1.54, 1.807) is 51.2 Å². The van der Waals surface area contributed by atoms with Gasteiger partial charge in [-0.3, -0.25) is 4.99 Å². The Balaban J connectivity index is 2.02. The van der Waals surface area contributed by atoms with Crippen LogP contribution in [-0.4, -0.2) is 32.8 Å². The number of ether oxygens (including phenoxy) is 3. The Morgan fingerprint density at radius 2 is 1.70 bits per heavy atom. The zero-order chi connectivity index (χ0) is 21.9. The smallest absolute Gasteiger partial charge is 0.387 e. The third kappa shape index (κ3) is 6.75. The van der Waals surface area contributed by atoms with Crippen LogP contribution in [0.3, 0.4) is 0 Å². The van der Waals surface area contributed by atoms with Crippen LogP contribution in [0.25, 0.3) is 0 Å². The van der Waals surface area contributed by atoms with E-state index in [2.05, 4.69) is 20.4 Å². The van der Waals surface area contributed by atoms with Gasteiger partial charge in [0, 0.05) is 25.7 Å². The molecule has 2 N–H and O–H groups in total. The number of nitrogens with zero attached hydrogens (tertiary/aromatic N) is 1. The van der Waals surface area contributed by atoms with E-state index in [1.807, 2.05) is 0 Å². The average molecular weight is 425 g/mol. The first-order chi connectivity index (χ1) is 14.5. The van der Waals surface area contributed by atoms with Crippen LogP contribution < -0.4 is 24.8 Å². The number of rotatable bonds is 10. The third-order valence-electron chi connectivity index (χ3n) is 3.99. The van der Waals surface area contributed by atoms with Gasteiger partial charge in [0.05, 0.1) is 13.2 Å². The fraction of sp³-hybridized carbons (Fsp3) is 0.381. The number of nitrogens with one attached hydrogen (secondary N) is 2. The van der Waals surface area contributed by atoms with Crippen LogP contribution in [-0.2, 0) is 13.1 Å². The number of halogens is 3. The molecule has 0 amide bonds. The highest BCUT2D eigenvalue weighted by molar-refractivity contribution is 5.79. The van der Waals surface area contributed by atoms with Crippen molar-refractivity contribution in [1.29, 1.82) is 0 Å². The Hall–Kier alpha value is -3.10. The second-order valence-electron chi connectivity index (χ2n) is 6.03. The molecule has 2 aromatic rings. The Kier molecular flexibility index (Phi) is 9.11. The minimum Gasteiger partial charge on any atom is -0.491 e. The van der Waals surface area contributed by atoms with Crippen molar-refractivity contribution in [2.45, 2.75) is 33.5 Å². The summed E-state index contributed by atoms with van der Waals surface area (Å²) in [6.45, 7) is 1.74. The molecular weight excluding hydrogens is 399 g/mol. The first-order valence-electron chi connectivity index (χ1n) is 9.53. The summed E-state index contributed by atoms with van der Waals surface area (Å²) < 4.78 is 54.9. The minimum absolute atomic E-state index is 0.0223. The number of hydrogen-bond acceptors (Lipinski definition) is 4. The van der Waals surface area contributed by atoms with Gasteiger partial charge in [0.1, 0.15) is 0 Å². The lowest BCUT2D eigenvalue weighted by molar-refractivity contribution is -0.0520. The Morgan fingerprint density at radius 3 is 2.33 bits per heavy atom. The quantitative estimate of drug-likeness (QED) is 0.444. The molecule has 0 saturated carbocycles. The fourth-order valence-electron chi connectivity index (χ4n) is 2.70. The highest BCUT2D eigenvalue weighted by Crippen LogP contribution is 2.32. The van der Waals surface area contributed by atoms with Gasteiger partial charge in [0.15, 0.2) is 29.0 Å². The summed E-state index contributed by atoms with van der Waals surface area (Å²) in [7, 11) is 1.57. The van der Waals surface area contributed by atoms with Crippen molar-refractivity contribution in [2.75, 3.05) is 20.3 Å². The van der Waals surface area contributed by atoms with Crippen LogP contribution in [0.5, 0.6) is 17.2 Å². The van der Waals surface area contributed by atoms with Gasteiger partial charge in [-0.15, -0.1) is 0 Å². The highest BCUT2D eigenvalue weighted by Gasteiger charge is 2.16. The standard InChI is InChI=1S/C21H26F3N3O3/c1-4-28-17-10-9-14(11-16(17)22)12-26-21(25-3)27-13-15-7-6-8-18(29-5-2)19(15)30-20(23)24/h6-11,20H,4-5,12-13H2,1-3H3,(H2,25,26,27). The van der Waals surface area contributed by atoms with E-state index in [-0.39, 0.29) is 23.8 Å². The van der Waals surface area contributed by atoms with E-state index in [1.165, 1.54) is 6.07 Å². The molecule has 2 rings (SSSR count). The Labute approximate surface area is 174 Å². The number of para-hydroxylation sites is 1. The molecule has 9 heteroatoms. The lowest BCUT2D eigenvalue weighted by atomic mass is 10.2. The summed E-state index contributed by atoms with van der Waals surface area (Å²) in [6, 6.07) is 9.61. The van der Waals surface area contributed by atoms with Crippen molar-refractivity contribution in [3.8, 4) is 17.2 Å². The lowest BCUT2D eigenvalue weighted by Gasteiger charge is -2.17. The maximum absolute atomic E-state index is 14.0. The Morgan fingerprint density at radius 1 is 1.00 bits per heavy atom. The molecule has 0 heterocycles. The van der Waals surface area contributed by atoms with Crippen LogP contribution in [0.1, 0.15) is 25.0 Å². The predicted molar refractivity (Wildman–Crippen MR) is 109 cm³/mol. The average Bonchev–Trinajstić information content (AvgIpc) is 2.72. The molecule has 0 fully saturated rings. The lowest BCUT2D eigenvalue weighted by Crippen LogP contribution is -2.36. The van der Waals surface area contributed by atoms with Gasteiger partial charge in [-0.25, -0.2) is 4.39 Å². The number of benzene rings is 2. The SMILES string of the molecule is CCOc1ccc(CNC(=NC)NCc2cccc(OCC)c2OC(F)F)cc1F. The molecule has 0 spiro atoms. The van der Waals surface area contributed by atoms with Gasteiger partial charge in [-0.05, 0) is 37.6 Å². The topological polar surface area (TPSA) is 64.1 Å². The summed E-state index contributed by atoms with van der Waals surface area (Å²) in [6.07, 6.45) is 0. The van der Waals surface area contributed by atoms with Crippen LogP contribution in [0.2, 0.25) is 0 Å². The number of aliphatic imine (C=N–C) groups is 1. The Bertz CT molecular complexity index is 847. The second kappa shape index (κ2) is 11.8. The van der Waals surface area contributed by atoms with E-state index in [9.17, 15) is 13.2 Å². The maximum Gasteiger partial charge on any atom is 0.387 e. The van der Waals surface area contributed by atoms with E-state index in [4.69, 9.17) is 9.47 Å². The number of hydrogen-bond donors (Lipinski definition) is 2. The number of alkyl halides is 2. The van der Waals surface area contributed by atoms with Crippen molar-refractivity contribution < 1.29 is 27.4 Å². The van der Waals surface area contributed by atoms with E-state index in [0.29, 0.717) is 36.8 Å². The van der Waals surface area contributed by atoms with Gasteiger partial charge in [0.25, 0.3) is 0 Å². The van der Waals surface area contributed by atoms with Crippen molar-refractivity contribution in [3.63, 3.8) is 0 Å². The monoisotopic (exact) mass is 425 g/mol. The molecule has 0 unspecified atom stereocenters. The molecule has 2 aromatic carbocycles. The second-order valence-corrected chi connectivity index (χ2v) is 6.03. The highest BCUT2D eigenvalue weighted by atomic mass is 19.3. The van der Waals surface area contributed by atoms with E-state index < -0.39 is 12.4 Å². The van der Waals surface area contributed by atoms with Crippen molar-refractivity contribution in [1.82, 2.24) is 10.6 Å². The fourth-order valence-corrected chi connectivity index (χ4v) is 2.70. The first kappa shape index (κ1) is 23.2. The van der Waals surface area contributed by atoms with Gasteiger partial charge in [0.2, 0.25) is 0 Å². The first-order valence-corrected chi connectivity index (χ1v) is 9.53. The zero-order valence-corrected chi connectivity index (χ0v) is 17.2. The van der Waals surface area contributed by atoms with Crippen LogP contribution >= 0.6 is 0 Å². The van der Waals surface area contributed by atoms with E-state index in [0.717, 1.165) is 0 Å². The molecule has 0 aliphatic carbocycles. The van der Waals surface area contributed by atoms with Gasteiger partial charge < -0.3 is 24.8 Å². The molecule has 0 radical (unpaired) electrons. The van der Waals surface area contributed by atoms with Crippen molar-refractivity contribution in [3.05, 3.63) is 53.3 Å².